The van der Waals surface area contributed by atoms with Gasteiger partial charge in [-0.2, -0.15) is 0 Å². The SMILES string of the molecule is CCC(=O)C1(c2ccc(CC)cc2)CCN(C)CC1. The Labute approximate surface area is 116 Å². The van der Waals surface area contributed by atoms with Crippen LogP contribution in [0.25, 0.3) is 0 Å². The fraction of sp³-hybridized carbons (Fsp3) is 0.588. The van der Waals surface area contributed by atoms with Gasteiger partial charge in [0.15, 0.2) is 0 Å². The van der Waals surface area contributed by atoms with Crippen molar-refractivity contribution in [3.8, 4) is 0 Å². The Balaban J connectivity index is 2.34. The lowest BCUT2D eigenvalue weighted by atomic mass is 9.69. The number of ketones is 1. The van der Waals surface area contributed by atoms with Gasteiger partial charge in [-0.15, -0.1) is 0 Å². The molecule has 0 N–H and O–H groups in total. The maximum absolute atomic E-state index is 12.5. The highest BCUT2D eigenvalue weighted by Crippen LogP contribution is 2.37. The van der Waals surface area contributed by atoms with Gasteiger partial charge in [-0.05, 0) is 50.5 Å². The lowest BCUT2D eigenvalue weighted by molar-refractivity contribution is -0.126. The molecular formula is C17H25NO. The van der Waals surface area contributed by atoms with Crippen molar-refractivity contribution >= 4 is 5.78 Å². The number of rotatable bonds is 4. The lowest BCUT2D eigenvalue weighted by Gasteiger charge is -2.40. The summed E-state index contributed by atoms with van der Waals surface area (Å²) in [7, 11) is 2.14. The number of benzene rings is 1. The molecule has 2 nitrogen and oxygen atoms in total. The van der Waals surface area contributed by atoms with Crippen LogP contribution in [0.4, 0.5) is 0 Å². The summed E-state index contributed by atoms with van der Waals surface area (Å²) in [6, 6.07) is 8.71. The number of piperidine rings is 1. The Bertz CT molecular complexity index is 427. The van der Waals surface area contributed by atoms with E-state index in [1.807, 2.05) is 6.92 Å². The first-order chi connectivity index (χ1) is 9.12. The summed E-state index contributed by atoms with van der Waals surface area (Å²) >= 11 is 0. The van der Waals surface area contributed by atoms with Crippen LogP contribution in [-0.2, 0) is 16.6 Å². The Kier molecular flexibility index (Phi) is 4.41. The summed E-state index contributed by atoms with van der Waals surface area (Å²) < 4.78 is 0. The van der Waals surface area contributed by atoms with Crippen LogP contribution in [0.5, 0.6) is 0 Å². The number of hydrogen-bond acceptors (Lipinski definition) is 2. The maximum Gasteiger partial charge on any atom is 0.143 e. The minimum absolute atomic E-state index is 0.229. The molecule has 0 aromatic heterocycles. The number of likely N-dealkylation sites (tertiary alicyclic amines) is 1. The molecule has 1 aromatic carbocycles. The van der Waals surface area contributed by atoms with E-state index >= 15 is 0 Å². The Morgan fingerprint density at radius 1 is 1.16 bits per heavy atom. The number of Topliss-reactive ketones (excluding diaryl/α,β-unsaturated/α-hetero) is 1. The van der Waals surface area contributed by atoms with Crippen molar-refractivity contribution < 1.29 is 4.79 Å². The van der Waals surface area contributed by atoms with E-state index in [1.54, 1.807) is 0 Å². The van der Waals surface area contributed by atoms with Crippen molar-refractivity contribution in [1.29, 1.82) is 0 Å². The van der Waals surface area contributed by atoms with Crippen LogP contribution < -0.4 is 0 Å². The number of nitrogens with zero attached hydrogens (tertiary/aromatic N) is 1. The van der Waals surface area contributed by atoms with Crippen LogP contribution in [-0.4, -0.2) is 30.8 Å². The fourth-order valence-corrected chi connectivity index (χ4v) is 3.13. The van der Waals surface area contributed by atoms with Crippen LogP contribution in [0, 0.1) is 0 Å². The molecule has 2 heteroatoms. The quantitative estimate of drug-likeness (QED) is 0.827. The van der Waals surface area contributed by atoms with E-state index in [2.05, 4.69) is 43.1 Å². The highest BCUT2D eigenvalue weighted by atomic mass is 16.1. The minimum atomic E-state index is -0.229. The van der Waals surface area contributed by atoms with Crippen LogP contribution >= 0.6 is 0 Å². The Hall–Kier alpha value is -1.15. The number of aryl methyl sites for hydroxylation is 1. The highest BCUT2D eigenvalue weighted by molar-refractivity contribution is 5.90. The summed E-state index contributed by atoms with van der Waals surface area (Å²) in [5.74, 6) is 0.407. The molecule has 0 bridgehead atoms. The van der Waals surface area contributed by atoms with Crippen LogP contribution in [0.15, 0.2) is 24.3 Å². The molecule has 1 heterocycles. The molecule has 0 aliphatic carbocycles. The molecule has 0 radical (unpaired) electrons. The van der Waals surface area contributed by atoms with Gasteiger partial charge in [0.2, 0.25) is 0 Å². The molecule has 0 saturated carbocycles. The average Bonchev–Trinajstić information content (AvgIpc) is 2.47. The zero-order chi connectivity index (χ0) is 13.9. The molecule has 0 atom stereocenters. The van der Waals surface area contributed by atoms with Crippen molar-refractivity contribution in [3.63, 3.8) is 0 Å². The predicted octanol–water partition coefficient (Wildman–Crippen LogP) is 3.19. The van der Waals surface area contributed by atoms with E-state index in [4.69, 9.17) is 0 Å². The third kappa shape index (κ3) is 2.74. The molecule has 1 aliphatic rings. The molecule has 1 aliphatic heterocycles. The molecule has 1 fully saturated rings. The van der Waals surface area contributed by atoms with Gasteiger partial charge in [-0.3, -0.25) is 4.79 Å². The summed E-state index contributed by atoms with van der Waals surface area (Å²) in [5.41, 5.74) is 2.34. The monoisotopic (exact) mass is 259 g/mol. The Morgan fingerprint density at radius 2 is 1.74 bits per heavy atom. The van der Waals surface area contributed by atoms with Gasteiger partial charge in [0.1, 0.15) is 5.78 Å². The van der Waals surface area contributed by atoms with E-state index < -0.39 is 0 Å². The van der Waals surface area contributed by atoms with Crippen LogP contribution in [0.3, 0.4) is 0 Å². The average molecular weight is 259 g/mol. The van der Waals surface area contributed by atoms with Gasteiger partial charge in [0.05, 0.1) is 5.41 Å². The smallest absolute Gasteiger partial charge is 0.143 e. The van der Waals surface area contributed by atoms with Gasteiger partial charge < -0.3 is 4.90 Å². The summed E-state index contributed by atoms with van der Waals surface area (Å²) in [6.07, 6.45) is 3.61. The van der Waals surface area contributed by atoms with E-state index in [1.165, 1.54) is 11.1 Å². The molecule has 0 spiro atoms. The van der Waals surface area contributed by atoms with Gasteiger partial charge >= 0.3 is 0 Å². The normalized spacial score (nSPS) is 19.3. The first kappa shape index (κ1) is 14.3. The number of carbonyl (C=O) groups is 1. The van der Waals surface area contributed by atoms with E-state index in [-0.39, 0.29) is 5.41 Å². The van der Waals surface area contributed by atoms with Crippen molar-refractivity contribution in [2.75, 3.05) is 20.1 Å². The van der Waals surface area contributed by atoms with E-state index in [9.17, 15) is 4.79 Å². The van der Waals surface area contributed by atoms with Crippen LogP contribution in [0.1, 0.15) is 44.2 Å². The Morgan fingerprint density at radius 3 is 2.21 bits per heavy atom. The van der Waals surface area contributed by atoms with Gasteiger partial charge in [0, 0.05) is 6.42 Å². The first-order valence-corrected chi connectivity index (χ1v) is 7.43. The summed E-state index contributed by atoms with van der Waals surface area (Å²) in [5, 5.41) is 0. The van der Waals surface area contributed by atoms with Gasteiger partial charge in [-0.1, -0.05) is 38.1 Å². The van der Waals surface area contributed by atoms with Gasteiger partial charge in [0.25, 0.3) is 0 Å². The minimum Gasteiger partial charge on any atom is -0.306 e. The zero-order valence-corrected chi connectivity index (χ0v) is 12.4. The van der Waals surface area contributed by atoms with Crippen molar-refractivity contribution in [3.05, 3.63) is 35.4 Å². The lowest BCUT2D eigenvalue weighted by Crippen LogP contribution is -2.46. The van der Waals surface area contributed by atoms with Crippen molar-refractivity contribution in [2.45, 2.75) is 44.9 Å². The van der Waals surface area contributed by atoms with Crippen molar-refractivity contribution in [2.24, 2.45) is 0 Å². The second-order valence-corrected chi connectivity index (χ2v) is 5.71. The third-order valence-corrected chi connectivity index (χ3v) is 4.61. The second-order valence-electron chi connectivity index (χ2n) is 5.71. The summed E-state index contributed by atoms with van der Waals surface area (Å²) in [4.78, 5) is 14.9. The number of carbonyl (C=O) groups excluding carboxylic acids is 1. The zero-order valence-electron chi connectivity index (χ0n) is 12.4. The number of hydrogen-bond donors (Lipinski definition) is 0. The molecule has 1 aromatic rings. The molecule has 0 amide bonds. The maximum atomic E-state index is 12.5. The van der Waals surface area contributed by atoms with Gasteiger partial charge in [-0.25, -0.2) is 0 Å². The molecule has 104 valence electrons. The van der Waals surface area contributed by atoms with E-state index in [0.717, 1.165) is 32.4 Å². The standard InChI is InChI=1S/C17H25NO/c1-4-14-6-8-15(9-7-14)17(16(19)5-2)10-12-18(3)13-11-17/h6-9H,4-5,10-13H2,1-3H3. The van der Waals surface area contributed by atoms with Crippen LogP contribution in [0.2, 0.25) is 0 Å². The topological polar surface area (TPSA) is 20.3 Å². The third-order valence-electron chi connectivity index (χ3n) is 4.61. The molecule has 1 saturated heterocycles. The molecule has 2 rings (SSSR count). The molecular weight excluding hydrogens is 234 g/mol. The van der Waals surface area contributed by atoms with Crippen molar-refractivity contribution in [1.82, 2.24) is 4.90 Å². The molecule has 19 heavy (non-hydrogen) atoms. The molecule has 0 unspecified atom stereocenters. The largest absolute Gasteiger partial charge is 0.306 e. The first-order valence-electron chi connectivity index (χ1n) is 7.43. The fourth-order valence-electron chi connectivity index (χ4n) is 3.13. The predicted molar refractivity (Wildman–Crippen MR) is 79.5 cm³/mol. The summed E-state index contributed by atoms with van der Waals surface area (Å²) in [6.45, 7) is 6.18. The van der Waals surface area contributed by atoms with E-state index in [0.29, 0.717) is 12.2 Å². The highest BCUT2D eigenvalue weighted by Gasteiger charge is 2.40. The second kappa shape index (κ2) is 5.87.